The Morgan fingerprint density at radius 3 is 2.68 bits per heavy atom. The van der Waals surface area contributed by atoms with Gasteiger partial charge in [-0.1, -0.05) is 0 Å². The number of hydrogen-bond donors (Lipinski definition) is 0. The Morgan fingerprint density at radius 2 is 2.05 bits per heavy atom. The van der Waals surface area contributed by atoms with Crippen LogP contribution in [-0.4, -0.2) is 6.47 Å². The summed E-state index contributed by atoms with van der Waals surface area (Å²) in [5.41, 5.74) is -2.14. The Kier molecular flexibility index (Phi) is 3.28. The summed E-state index contributed by atoms with van der Waals surface area (Å²) in [7, 11) is 0. The molecule has 100 valence electrons. The van der Waals surface area contributed by atoms with Crippen molar-refractivity contribution in [1.82, 2.24) is 0 Å². The number of ether oxygens (including phenoxy) is 1. The largest absolute Gasteiger partial charge is 0.472 e. The van der Waals surface area contributed by atoms with Gasteiger partial charge in [0.15, 0.2) is 5.43 Å². The fourth-order valence-electron chi connectivity index (χ4n) is 1.79. The molecule has 19 heavy (non-hydrogen) atoms. The zero-order valence-electron chi connectivity index (χ0n) is 9.36. The topological polar surface area (TPSA) is 56.5 Å². The van der Waals surface area contributed by atoms with Gasteiger partial charge in [0.25, 0.3) is 6.47 Å². The minimum atomic E-state index is -4.71. The molecule has 0 saturated heterocycles. The van der Waals surface area contributed by atoms with Gasteiger partial charge in [0.2, 0.25) is 0 Å². The lowest BCUT2D eigenvalue weighted by molar-refractivity contribution is -0.140. The first-order valence-corrected chi connectivity index (χ1v) is 5.09. The van der Waals surface area contributed by atoms with Crippen molar-refractivity contribution in [3.05, 3.63) is 46.0 Å². The maximum absolute atomic E-state index is 12.9. The molecule has 1 heterocycles. The van der Waals surface area contributed by atoms with Crippen LogP contribution in [0.4, 0.5) is 13.2 Å². The summed E-state index contributed by atoms with van der Waals surface area (Å²) < 4.78 is 47.8. The normalized spacial score (nSPS) is 11.5. The van der Waals surface area contributed by atoms with Gasteiger partial charge >= 0.3 is 6.18 Å². The van der Waals surface area contributed by atoms with E-state index in [2.05, 4.69) is 4.74 Å². The summed E-state index contributed by atoms with van der Waals surface area (Å²) in [4.78, 5) is 21.8. The molecule has 7 heteroatoms. The average Bonchev–Trinajstić information content (AvgIpc) is 2.36. The molecular formula is C12H7F3O4. The van der Waals surface area contributed by atoms with Crippen molar-refractivity contribution in [2.24, 2.45) is 0 Å². The molecule has 0 spiro atoms. The second-order valence-electron chi connectivity index (χ2n) is 3.69. The van der Waals surface area contributed by atoms with Crippen LogP contribution in [0.2, 0.25) is 0 Å². The number of hydrogen-bond acceptors (Lipinski definition) is 4. The fraction of sp³-hybridized carbons (Fsp3) is 0.167. The molecule has 0 saturated carbocycles. The van der Waals surface area contributed by atoms with E-state index in [0.29, 0.717) is 6.07 Å². The highest BCUT2D eigenvalue weighted by molar-refractivity contribution is 5.69. The van der Waals surface area contributed by atoms with Crippen LogP contribution in [-0.2, 0) is 22.3 Å². The summed E-state index contributed by atoms with van der Waals surface area (Å²) in [5, 5.41) is 0. The molecule has 2 rings (SSSR count). The van der Waals surface area contributed by atoms with Crippen molar-refractivity contribution in [3.63, 3.8) is 0 Å². The molecule has 0 fully saturated rings. The van der Waals surface area contributed by atoms with E-state index in [-0.39, 0.29) is 23.2 Å². The van der Waals surface area contributed by atoms with Gasteiger partial charge in [0.05, 0.1) is 17.4 Å². The molecule has 0 aromatic heterocycles. The van der Waals surface area contributed by atoms with Crippen molar-refractivity contribution >= 4 is 6.47 Å². The van der Waals surface area contributed by atoms with Crippen LogP contribution in [0, 0.1) is 0 Å². The minimum Gasteiger partial charge on any atom is -0.472 e. The molecular weight excluding hydrogens is 265 g/mol. The first kappa shape index (κ1) is 13.1. The molecule has 0 amide bonds. The summed E-state index contributed by atoms with van der Waals surface area (Å²) in [6, 6.07) is 1.71. The van der Waals surface area contributed by atoms with E-state index in [9.17, 15) is 22.8 Å². The summed E-state index contributed by atoms with van der Waals surface area (Å²) in [6.07, 6.45) is -2.50. The molecule has 0 aromatic rings. The van der Waals surface area contributed by atoms with Crippen LogP contribution >= 0.6 is 0 Å². The number of alkyl halides is 3. The molecule has 2 aliphatic rings. The molecule has 0 unspecified atom stereocenters. The lowest BCUT2D eigenvalue weighted by Crippen LogP contribution is -2.18. The highest BCUT2D eigenvalue weighted by atomic mass is 19.4. The molecule has 1 aliphatic carbocycles. The monoisotopic (exact) mass is 272 g/mol. The van der Waals surface area contributed by atoms with Gasteiger partial charge in [0.1, 0.15) is 12.9 Å². The maximum Gasteiger partial charge on any atom is 0.416 e. The van der Waals surface area contributed by atoms with Gasteiger partial charge in [0, 0.05) is 5.56 Å². The number of halogens is 3. The lowest BCUT2D eigenvalue weighted by Gasteiger charge is -2.16. The van der Waals surface area contributed by atoms with Crippen LogP contribution in [0.25, 0.3) is 11.1 Å². The van der Waals surface area contributed by atoms with E-state index < -0.39 is 23.8 Å². The maximum atomic E-state index is 12.9. The Hall–Kier alpha value is -2.31. The summed E-state index contributed by atoms with van der Waals surface area (Å²) in [5.74, 6) is 0. The predicted octanol–water partition coefficient (Wildman–Crippen LogP) is 2.44. The second-order valence-corrected chi connectivity index (χ2v) is 3.69. The zero-order valence-corrected chi connectivity index (χ0v) is 9.36. The highest BCUT2D eigenvalue weighted by Crippen LogP contribution is 2.36. The lowest BCUT2D eigenvalue weighted by atomic mass is 9.95. The minimum absolute atomic E-state index is 0.000000945. The van der Waals surface area contributed by atoms with Gasteiger partial charge in [-0.2, -0.15) is 13.2 Å². The van der Waals surface area contributed by atoms with Gasteiger partial charge < -0.3 is 9.15 Å². The van der Waals surface area contributed by atoms with Crippen LogP contribution in [0.15, 0.2) is 33.9 Å². The first-order valence-electron chi connectivity index (χ1n) is 5.09. The molecule has 4 nitrogen and oxygen atoms in total. The van der Waals surface area contributed by atoms with E-state index in [4.69, 9.17) is 4.42 Å². The van der Waals surface area contributed by atoms with Crippen molar-refractivity contribution in [3.8, 4) is 11.1 Å². The van der Waals surface area contributed by atoms with E-state index in [1.54, 1.807) is 0 Å². The van der Waals surface area contributed by atoms with Crippen LogP contribution < -0.4 is 5.43 Å². The fourth-order valence-corrected chi connectivity index (χ4v) is 1.79. The van der Waals surface area contributed by atoms with Gasteiger partial charge in [-0.3, -0.25) is 9.59 Å². The third kappa shape index (κ3) is 2.44. The standard InChI is InChI=1S/C12H7F3O4/c13-12(14,15)10-3-11(17)9-5-18-2-1-7(9)8(10)4-19-6-16/h1-3,5-6H,4H2. The third-order valence-electron chi connectivity index (χ3n) is 2.58. The quantitative estimate of drug-likeness (QED) is 0.805. The van der Waals surface area contributed by atoms with Gasteiger partial charge in [-0.15, -0.1) is 0 Å². The Morgan fingerprint density at radius 1 is 1.32 bits per heavy atom. The molecule has 0 bridgehead atoms. The number of carbonyl (C=O) groups excluding carboxylic acids is 1. The van der Waals surface area contributed by atoms with Crippen LogP contribution in [0.1, 0.15) is 11.1 Å². The zero-order chi connectivity index (χ0) is 14.0. The first-order chi connectivity index (χ1) is 8.95. The number of benzene rings is 1. The smallest absolute Gasteiger partial charge is 0.416 e. The molecule has 0 atom stereocenters. The van der Waals surface area contributed by atoms with E-state index in [0.717, 1.165) is 12.5 Å². The van der Waals surface area contributed by atoms with Gasteiger partial charge in [-0.05, 0) is 17.7 Å². The van der Waals surface area contributed by atoms with E-state index in [1.165, 1.54) is 6.07 Å². The molecule has 1 aliphatic heterocycles. The average molecular weight is 272 g/mol. The molecule has 0 aromatic carbocycles. The van der Waals surface area contributed by atoms with E-state index >= 15 is 0 Å². The summed E-state index contributed by atoms with van der Waals surface area (Å²) >= 11 is 0. The Bertz CT molecular complexity index is 630. The van der Waals surface area contributed by atoms with Crippen molar-refractivity contribution < 1.29 is 27.1 Å². The number of rotatable bonds is 3. The SMILES string of the molecule is O=COCc1c2ccocc-2c(=O)cc1C(F)(F)F. The molecule has 0 radical (unpaired) electrons. The van der Waals surface area contributed by atoms with E-state index in [1.807, 2.05) is 0 Å². The second kappa shape index (κ2) is 4.75. The molecule has 0 N–H and O–H groups in total. The Labute approximate surface area is 104 Å². The predicted molar refractivity (Wildman–Crippen MR) is 57.5 cm³/mol. The van der Waals surface area contributed by atoms with Crippen LogP contribution in [0.5, 0.6) is 0 Å². The Balaban J connectivity index is 2.76. The van der Waals surface area contributed by atoms with Gasteiger partial charge in [-0.25, -0.2) is 0 Å². The number of fused-ring (bicyclic) bond motifs is 1. The van der Waals surface area contributed by atoms with Crippen molar-refractivity contribution in [2.45, 2.75) is 12.8 Å². The van der Waals surface area contributed by atoms with Crippen molar-refractivity contribution in [2.75, 3.05) is 0 Å². The van der Waals surface area contributed by atoms with Crippen LogP contribution in [0.3, 0.4) is 0 Å². The highest BCUT2D eigenvalue weighted by Gasteiger charge is 2.36. The number of carbonyl (C=O) groups is 1. The summed E-state index contributed by atoms with van der Waals surface area (Å²) in [6.45, 7) is -0.524. The third-order valence-corrected chi connectivity index (χ3v) is 2.58. The van der Waals surface area contributed by atoms with Crippen molar-refractivity contribution in [1.29, 1.82) is 0 Å².